The summed E-state index contributed by atoms with van der Waals surface area (Å²) in [5.74, 6) is -4.20. The Morgan fingerprint density at radius 3 is 2.56 bits per heavy atom. The minimum absolute atomic E-state index is 0.0301. The van der Waals surface area contributed by atoms with Crippen LogP contribution in [0, 0.1) is 23.4 Å². The molecule has 2 aromatic heterocycles. The number of aliphatic hydroxyl groups is 1. The molecule has 0 aliphatic heterocycles. The minimum atomic E-state index is -1.58. The van der Waals surface area contributed by atoms with Crippen molar-refractivity contribution in [2.45, 2.75) is 69.6 Å². The van der Waals surface area contributed by atoms with Crippen LogP contribution < -0.4 is 16.4 Å². The SMILES string of the molecule is NC(=O)C1CCC(n2c(Nc3ccc(F)c(F)c3F)nc3cnc(N[C@H]4CCC[C@H](O)C4)nc32)CC1. The lowest BCUT2D eigenvalue weighted by atomic mass is 9.85. The average Bonchev–Trinajstić information content (AvgIpc) is 3.21. The molecule has 36 heavy (non-hydrogen) atoms. The van der Waals surface area contributed by atoms with Gasteiger partial charge < -0.3 is 21.5 Å². The predicted octanol–water partition coefficient (Wildman–Crippen LogP) is 3.92. The number of anilines is 3. The average molecular weight is 504 g/mol. The number of nitrogens with zero attached hydrogens (tertiary/aromatic N) is 4. The molecule has 0 spiro atoms. The zero-order chi connectivity index (χ0) is 25.4. The molecule has 0 unspecified atom stereocenters. The van der Waals surface area contributed by atoms with Crippen LogP contribution in [0.4, 0.5) is 30.8 Å². The number of rotatable bonds is 6. The highest BCUT2D eigenvalue weighted by Crippen LogP contribution is 2.37. The van der Waals surface area contributed by atoms with Gasteiger partial charge in [0.15, 0.2) is 23.1 Å². The van der Waals surface area contributed by atoms with Crippen LogP contribution in [-0.4, -0.2) is 42.7 Å². The number of fused-ring (bicyclic) bond motifs is 1. The monoisotopic (exact) mass is 503 g/mol. The fraction of sp³-hybridized carbons (Fsp3) is 0.500. The molecule has 2 heterocycles. The number of carbonyl (C=O) groups excluding carboxylic acids is 1. The van der Waals surface area contributed by atoms with Gasteiger partial charge in [-0.3, -0.25) is 9.36 Å². The number of benzene rings is 1. The van der Waals surface area contributed by atoms with Crippen molar-refractivity contribution in [3.8, 4) is 0 Å². The highest BCUT2D eigenvalue weighted by molar-refractivity contribution is 5.78. The Kier molecular flexibility index (Phi) is 6.69. The Bertz CT molecular complexity index is 1280. The Morgan fingerprint density at radius 1 is 1.06 bits per heavy atom. The standard InChI is InChI=1S/C24H28F3N7O2/c25-16-8-9-17(20(27)19(16)26)31-24-32-18-11-29-23(30-13-2-1-3-15(35)10-13)33-22(18)34(24)14-6-4-12(5-7-14)21(28)36/h8-9,11-15,35H,1-7,10H2,(H2,28,36)(H,31,32)(H,29,30,33)/t12?,13-,14?,15-/m0/s1. The van der Waals surface area contributed by atoms with Gasteiger partial charge in [0.05, 0.1) is 18.0 Å². The summed E-state index contributed by atoms with van der Waals surface area (Å²) in [5, 5.41) is 16.1. The number of hydrogen-bond donors (Lipinski definition) is 4. The van der Waals surface area contributed by atoms with E-state index in [0.29, 0.717) is 49.2 Å². The molecule has 2 saturated carbocycles. The third-order valence-corrected chi connectivity index (χ3v) is 7.16. The molecule has 1 aromatic carbocycles. The van der Waals surface area contributed by atoms with Gasteiger partial charge in [-0.2, -0.15) is 4.98 Å². The van der Waals surface area contributed by atoms with Crippen LogP contribution in [-0.2, 0) is 4.79 Å². The van der Waals surface area contributed by atoms with Crippen LogP contribution in [0.1, 0.15) is 57.4 Å². The second-order valence-corrected chi connectivity index (χ2v) is 9.63. The smallest absolute Gasteiger partial charge is 0.224 e. The highest BCUT2D eigenvalue weighted by Gasteiger charge is 2.30. The molecule has 2 aliphatic carbocycles. The molecule has 2 fully saturated rings. The quantitative estimate of drug-likeness (QED) is 0.375. The van der Waals surface area contributed by atoms with E-state index >= 15 is 0 Å². The largest absolute Gasteiger partial charge is 0.393 e. The lowest BCUT2D eigenvalue weighted by Crippen LogP contribution is -2.30. The van der Waals surface area contributed by atoms with Crippen molar-refractivity contribution in [1.82, 2.24) is 19.5 Å². The van der Waals surface area contributed by atoms with Gasteiger partial charge in [0, 0.05) is 18.0 Å². The van der Waals surface area contributed by atoms with Gasteiger partial charge in [0.2, 0.25) is 17.8 Å². The molecule has 2 atom stereocenters. The number of amides is 1. The maximum atomic E-state index is 14.4. The van der Waals surface area contributed by atoms with E-state index in [-0.39, 0.29) is 41.6 Å². The van der Waals surface area contributed by atoms with E-state index < -0.39 is 17.5 Å². The highest BCUT2D eigenvalue weighted by atomic mass is 19.2. The van der Waals surface area contributed by atoms with E-state index in [2.05, 4.69) is 25.6 Å². The molecule has 1 amide bonds. The summed E-state index contributed by atoms with van der Waals surface area (Å²) in [6.45, 7) is 0. The van der Waals surface area contributed by atoms with E-state index in [4.69, 9.17) is 5.73 Å². The van der Waals surface area contributed by atoms with Crippen molar-refractivity contribution in [1.29, 1.82) is 0 Å². The van der Waals surface area contributed by atoms with Crippen LogP contribution in [0.25, 0.3) is 11.2 Å². The Balaban J connectivity index is 1.51. The summed E-state index contributed by atoms with van der Waals surface area (Å²) in [5.41, 5.74) is 6.15. The molecule has 5 rings (SSSR count). The number of halogens is 3. The van der Waals surface area contributed by atoms with Gasteiger partial charge in [0.25, 0.3) is 0 Å². The number of imidazole rings is 1. The second kappa shape index (κ2) is 9.92. The van der Waals surface area contributed by atoms with Crippen molar-refractivity contribution in [2.75, 3.05) is 10.6 Å². The summed E-state index contributed by atoms with van der Waals surface area (Å²) in [4.78, 5) is 25.2. The van der Waals surface area contributed by atoms with Crippen molar-refractivity contribution >= 4 is 34.7 Å². The molecule has 0 saturated heterocycles. The number of nitrogens with one attached hydrogen (secondary N) is 2. The first kappa shape index (κ1) is 24.3. The van der Waals surface area contributed by atoms with E-state index in [0.717, 1.165) is 31.4 Å². The lowest BCUT2D eigenvalue weighted by molar-refractivity contribution is -0.122. The fourth-order valence-corrected chi connectivity index (χ4v) is 5.23. The van der Waals surface area contributed by atoms with Gasteiger partial charge in [-0.25, -0.2) is 23.1 Å². The first-order chi connectivity index (χ1) is 17.3. The van der Waals surface area contributed by atoms with Crippen LogP contribution in [0.2, 0.25) is 0 Å². The van der Waals surface area contributed by atoms with E-state index in [1.807, 2.05) is 0 Å². The van der Waals surface area contributed by atoms with Crippen molar-refractivity contribution in [2.24, 2.45) is 11.7 Å². The van der Waals surface area contributed by atoms with Crippen LogP contribution in [0.15, 0.2) is 18.3 Å². The third-order valence-electron chi connectivity index (χ3n) is 7.16. The zero-order valence-electron chi connectivity index (χ0n) is 19.6. The maximum absolute atomic E-state index is 14.4. The fourth-order valence-electron chi connectivity index (χ4n) is 5.23. The summed E-state index contributed by atoms with van der Waals surface area (Å²) in [7, 11) is 0. The molecular weight excluding hydrogens is 475 g/mol. The summed E-state index contributed by atoms with van der Waals surface area (Å²) >= 11 is 0. The number of primary amides is 1. The van der Waals surface area contributed by atoms with Crippen molar-refractivity contribution < 1.29 is 23.1 Å². The van der Waals surface area contributed by atoms with Gasteiger partial charge in [-0.05, 0) is 63.5 Å². The number of nitrogens with two attached hydrogens (primary N) is 1. The molecule has 3 aromatic rings. The second-order valence-electron chi connectivity index (χ2n) is 9.63. The van der Waals surface area contributed by atoms with Crippen LogP contribution in [0.5, 0.6) is 0 Å². The Morgan fingerprint density at radius 2 is 1.83 bits per heavy atom. The normalized spacial score (nSPS) is 24.6. The molecule has 192 valence electrons. The first-order valence-electron chi connectivity index (χ1n) is 12.2. The third kappa shape index (κ3) is 4.81. The maximum Gasteiger partial charge on any atom is 0.224 e. The Labute approximate surface area is 205 Å². The van der Waals surface area contributed by atoms with Crippen LogP contribution in [0.3, 0.4) is 0 Å². The molecule has 2 aliphatic rings. The summed E-state index contributed by atoms with van der Waals surface area (Å²) < 4.78 is 43.6. The molecule has 5 N–H and O–H groups in total. The number of aliphatic hydroxyl groups excluding tert-OH is 1. The number of carbonyl (C=O) groups is 1. The molecule has 9 nitrogen and oxygen atoms in total. The van der Waals surface area contributed by atoms with Gasteiger partial charge in [-0.1, -0.05) is 0 Å². The molecule has 12 heteroatoms. The number of aromatic nitrogens is 4. The van der Waals surface area contributed by atoms with E-state index in [1.54, 1.807) is 10.8 Å². The topological polar surface area (TPSA) is 131 Å². The van der Waals surface area contributed by atoms with Crippen LogP contribution >= 0.6 is 0 Å². The summed E-state index contributed by atoms with van der Waals surface area (Å²) in [6, 6.07) is 1.84. The first-order valence-corrected chi connectivity index (χ1v) is 12.2. The van der Waals surface area contributed by atoms with Gasteiger partial charge in [0.1, 0.15) is 5.52 Å². The van der Waals surface area contributed by atoms with E-state index in [9.17, 15) is 23.1 Å². The van der Waals surface area contributed by atoms with Gasteiger partial charge >= 0.3 is 0 Å². The molecule has 0 bridgehead atoms. The molecular formula is C24H28F3N7O2. The number of hydrogen-bond acceptors (Lipinski definition) is 7. The van der Waals surface area contributed by atoms with Gasteiger partial charge in [-0.15, -0.1) is 0 Å². The molecule has 0 radical (unpaired) electrons. The lowest BCUT2D eigenvalue weighted by Gasteiger charge is -2.29. The minimum Gasteiger partial charge on any atom is -0.393 e. The van der Waals surface area contributed by atoms with Crippen molar-refractivity contribution in [3.05, 3.63) is 35.8 Å². The zero-order valence-corrected chi connectivity index (χ0v) is 19.6. The van der Waals surface area contributed by atoms with E-state index in [1.165, 1.54) is 0 Å². The summed E-state index contributed by atoms with van der Waals surface area (Å²) in [6.07, 6.45) is 6.70. The predicted molar refractivity (Wildman–Crippen MR) is 127 cm³/mol. The van der Waals surface area contributed by atoms with Crippen molar-refractivity contribution in [3.63, 3.8) is 0 Å². The Hall–Kier alpha value is -3.41.